The van der Waals surface area contributed by atoms with Crippen LogP contribution in [0.25, 0.3) is 0 Å². The molecule has 0 unspecified atom stereocenters. The predicted molar refractivity (Wildman–Crippen MR) is 121 cm³/mol. The third kappa shape index (κ3) is 5.23. The van der Waals surface area contributed by atoms with Crippen molar-refractivity contribution in [1.29, 1.82) is 0 Å². The predicted octanol–water partition coefficient (Wildman–Crippen LogP) is 4.86. The molecule has 4 rings (SSSR count). The minimum absolute atomic E-state index is 0.0392. The summed E-state index contributed by atoms with van der Waals surface area (Å²) >= 11 is 0. The van der Waals surface area contributed by atoms with Gasteiger partial charge in [-0.3, -0.25) is 4.79 Å². The van der Waals surface area contributed by atoms with Gasteiger partial charge in [-0.1, -0.05) is 43.2 Å². The number of carbonyl (C=O) groups is 1. The molecule has 160 valence electrons. The third-order valence-electron chi connectivity index (χ3n) is 6.93. The van der Waals surface area contributed by atoms with Gasteiger partial charge in [-0.05, 0) is 80.4 Å². The van der Waals surface area contributed by atoms with Crippen LogP contribution < -0.4 is 10.1 Å². The highest BCUT2D eigenvalue weighted by Crippen LogP contribution is 2.31. The van der Waals surface area contributed by atoms with Gasteiger partial charge in [0.1, 0.15) is 5.75 Å². The van der Waals surface area contributed by atoms with Crippen LogP contribution in [0.15, 0.2) is 54.6 Å². The highest BCUT2D eigenvalue weighted by Gasteiger charge is 2.30. The summed E-state index contributed by atoms with van der Waals surface area (Å²) in [5.41, 5.74) is 2.20. The molecule has 30 heavy (non-hydrogen) atoms. The maximum atomic E-state index is 12.8. The minimum atomic E-state index is 0.0392. The van der Waals surface area contributed by atoms with E-state index < -0.39 is 0 Å². The summed E-state index contributed by atoms with van der Waals surface area (Å²) in [5.74, 6) is 2.06. The van der Waals surface area contributed by atoms with Gasteiger partial charge in [0.2, 0.25) is 0 Å². The van der Waals surface area contributed by atoms with E-state index in [0.717, 1.165) is 31.8 Å². The van der Waals surface area contributed by atoms with Crippen molar-refractivity contribution in [3.8, 4) is 5.75 Å². The number of hydrogen-bond donors (Lipinski definition) is 1. The lowest BCUT2D eigenvalue weighted by Crippen LogP contribution is -2.47. The molecule has 0 radical (unpaired) electrons. The molecule has 0 bridgehead atoms. The van der Waals surface area contributed by atoms with Gasteiger partial charge in [0.25, 0.3) is 5.91 Å². The lowest BCUT2D eigenvalue weighted by molar-refractivity contribution is 0.0874. The quantitative estimate of drug-likeness (QED) is 0.745. The number of piperidine rings is 1. The number of hydrogen-bond acceptors (Lipinski definition) is 3. The van der Waals surface area contributed by atoms with Crippen LogP contribution in [0.5, 0.6) is 5.75 Å². The van der Waals surface area contributed by atoms with Crippen molar-refractivity contribution in [2.75, 3.05) is 26.7 Å². The van der Waals surface area contributed by atoms with Crippen molar-refractivity contribution in [2.45, 2.75) is 50.5 Å². The van der Waals surface area contributed by atoms with Gasteiger partial charge in [-0.25, -0.2) is 0 Å². The van der Waals surface area contributed by atoms with Crippen LogP contribution in [0.2, 0.25) is 0 Å². The van der Waals surface area contributed by atoms with Crippen LogP contribution in [-0.4, -0.2) is 43.6 Å². The molecule has 2 fully saturated rings. The lowest BCUT2D eigenvalue weighted by Gasteiger charge is -2.39. The van der Waals surface area contributed by atoms with E-state index in [1.165, 1.54) is 37.7 Å². The highest BCUT2D eigenvalue weighted by molar-refractivity contribution is 5.94. The summed E-state index contributed by atoms with van der Waals surface area (Å²) in [5, 5.41) is 3.34. The second kappa shape index (κ2) is 10.1. The second-order valence-electron chi connectivity index (χ2n) is 8.84. The number of likely N-dealkylation sites (tertiary alicyclic amines) is 1. The Morgan fingerprint density at radius 2 is 1.67 bits per heavy atom. The molecule has 2 aromatic carbocycles. The molecule has 1 amide bonds. The molecule has 1 heterocycles. The summed E-state index contributed by atoms with van der Waals surface area (Å²) in [4.78, 5) is 15.4. The largest absolute Gasteiger partial charge is 0.497 e. The van der Waals surface area contributed by atoms with E-state index >= 15 is 0 Å². The topological polar surface area (TPSA) is 41.6 Å². The van der Waals surface area contributed by atoms with E-state index in [1.54, 1.807) is 7.11 Å². The van der Waals surface area contributed by atoms with Gasteiger partial charge in [-0.15, -0.1) is 0 Å². The second-order valence-corrected chi connectivity index (χ2v) is 8.84. The molecule has 4 heteroatoms. The number of amides is 1. The Kier molecular flexibility index (Phi) is 7.06. The van der Waals surface area contributed by atoms with Crippen molar-refractivity contribution in [2.24, 2.45) is 5.92 Å². The van der Waals surface area contributed by atoms with Gasteiger partial charge in [0, 0.05) is 18.2 Å². The number of benzene rings is 2. The number of ether oxygens (including phenoxy) is 1. The zero-order valence-corrected chi connectivity index (χ0v) is 18.1. The van der Waals surface area contributed by atoms with Gasteiger partial charge in [0.15, 0.2) is 0 Å². The fourth-order valence-corrected chi connectivity index (χ4v) is 5.12. The number of nitrogens with zero attached hydrogens (tertiary/aromatic N) is 1. The summed E-state index contributed by atoms with van der Waals surface area (Å²) in [7, 11) is 1.64. The van der Waals surface area contributed by atoms with E-state index in [9.17, 15) is 4.79 Å². The highest BCUT2D eigenvalue weighted by atomic mass is 16.5. The molecule has 2 atom stereocenters. The Morgan fingerprint density at radius 3 is 2.37 bits per heavy atom. The molecule has 1 saturated carbocycles. The summed E-state index contributed by atoms with van der Waals surface area (Å²) in [6, 6.07) is 18.6. The minimum Gasteiger partial charge on any atom is -0.497 e. The van der Waals surface area contributed by atoms with Crippen molar-refractivity contribution < 1.29 is 9.53 Å². The molecule has 1 N–H and O–H groups in total. The first-order valence-electron chi connectivity index (χ1n) is 11.4. The first-order valence-corrected chi connectivity index (χ1v) is 11.4. The fourth-order valence-electron chi connectivity index (χ4n) is 5.12. The summed E-state index contributed by atoms with van der Waals surface area (Å²) in [6.45, 7) is 3.43. The van der Waals surface area contributed by atoms with Crippen LogP contribution in [0.4, 0.5) is 0 Å². The summed E-state index contributed by atoms with van der Waals surface area (Å²) < 4.78 is 5.20. The van der Waals surface area contributed by atoms with Crippen molar-refractivity contribution in [3.63, 3.8) is 0 Å². The number of nitrogens with one attached hydrogen (secondary N) is 1. The fraction of sp³-hybridized carbons (Fsp3) is 0.500. The molecular formula is C26H34N2O2. The molecular weight excluding hydrogens is 372 g/mol. The molecule has 2 aliphatic rings. The molecule has 2 aromatic rings. The number of carbonyl (C=O) groups excluding carboxylic acids is 1. The zero-order chi connectivity index (χ0) is 20.8. The molecule has 0 aromatic heterocycles. The van der Waals surface area contributed by atoms with Gasteiger partial charge in [-0.2, -0.15) is 0 Å². The lowest BCUT2D eigenvalue weighted by atomic mass is 9.83. The van der Waals surface area contributed by atoms with Gasteiger partial charge < -0.3 is 15.0 Å². The van der Waals surface area contributed by atoms with Crippen molar-refractivity contribution >= 4 is 5.91 Å². The molecule has 0 spiro atoms. The van der Waals surface area contributed by atoms with E-state index in [0.29, 0.717) is 17.4 Å². The van der Waals surface area contributed by atoms with E-state index in [-0.39, 0.29) is 11.9 Å². The normalized spacial score (nSPS) is 23.1. The zero-order valence-electron chi connectivity index (χ0n) is 18.1. The number of methoxy groups -OCH3 is 1. The van der Waals surface area contributed by atoms with Crippen LogP contribution >= 0.6 is 0 Å². The monoisotopic (exact) mass is 406 g/mol. The third-order valence-corrected chi connectivity index (χ3v) is 6.93. The van der Waals surface area contributed by atoms with Crippen LogP contribution in [0.3, 0.4) is 0 Å². The first-order chi connectivity index (χ1) is 14.7. The first kappa shape index (κ1) is 20.9. The molecule has 1 aliphatic heterocycles. The molecule has 4 nitrogen and oxygen atoms in total. The Labute approximate surface area is 180 Å². The average Bonchev–Trinajstić information content (AvgIpc) is 2.81. The maximum absolute atomic E-state index is 12.8. The Morgan fingerprint density at radius 1 is 0.967 bits per heavy atom. The standard InChI is InChI=1S/C26H34N2O2/c1-30-24-13-11-22(12-14-24)26(29)27-25-10-6-5-9-23(25)19-28-17-15-21(16-18-28)20-7-3-2-4-8-20/h2-4,7-8,11-14,21,23,25H,5-6,9-10,15-19H2,1H3,(H,27,29)/t23-,25+/m0/s1. The van der Waals surface area contributed by atoms with Crippen molar-refractivity contribution in [3.05, 3.63) is 65.7 Å². The molecule has 1 aliphatic carbocycles. The van der Waals surface area contributed by atoms with Crippen LogP contribution in [0.1, 0.15) is 60.4 Å². The Hall–Kier alpha value is -2.33. The van der Waals surface area contributed by atoms with Crippen LogP contribution in [-0.2, 0) is 0 Å². The van der Waals surface area contributed by atoms with Gasteiger partial charge in [0.05, 0.1) is 7.11 Å². The smallest absolute Gasteiger partial charge is 0.251 e. The van der Waals surface area contributed by atoms with Crippen LogP contribution in [0, 0.1) is 5.92 Å². The van der Waals surface area contributed by atoms with Crippen molar-refractivity contribution in [1.82, 2.24) is 10.2 Å². The SMILES string of the molecule is COc1ccc(C(=O)N[C@@H]2CCCC[C@H]2CN2CCC(c3ccccc3)CC2)cc1. The van der Waals surface area contributed by atoms with Gasteiger partial charge >= 0.3 is 0 Å². The average molecular weight is 407 g/mol. The molecule has 1 saturated heterocycles. The summed E-state index contributed by atoms with van der Waals surface area (Å²) in [6.07, 6.45) is 7.26. The van der Waals surface area contributed by atoms with E-state index in [4.69, 9.17) is 4.74 Å². The van der Waals surface area contributed by atoms with E-state index in [2.05, 4.69) is 40.5 Å². The Balaban J connectivity index is 1.31. The number of rotatable bonds is 6. The maximum Gasteiger partial charge on any atom is 0.251 e. The van der Waals surface area contributed by atoms with E-state index in [1.807, 2.05) is 24.3 Å². The Bertz CT molecular complexity index is 798.